The summed E-state index contributed by atoms with van der Waals surface area (Å²) in [5.74, 6) is -1.31. The maximum atomic E-state index is 12.7. The molecule has 6 rings (SSSR count). The summed E-state index contributed by atoms with van der Waals surface area (Å²) in [7, 11) is -4.09. The van der Waals surface area contributed by atoms with E-state index in [1.165, 1.54) is 7.11 Å². The number of hydrogen-bond donors (Lipinski definition) is 8. The van der Waals surface area contributed by atoms with E-state index in [1.807, 2.05) is 13.8 Å². The molecule has 6 unspecified atom stereocenters. The van der Waals surface area contributed by atoms with Gasteiger partial charge in [-0.2, -0.15) is 0 Å². The van der Waals surface area contributed by atoms with Crippen LogP contribution in [0.25, 0.3) is 0 Å². The molecule has 0 aromatic heterocycles. The second-order valence-electron chi connectivity index (χ2n) is 19.2. The summed E-state index contributed by atoms with van der Waals surface area (Å²) in [6, 6.07) is 0. The second-order valence-corrected chi connectivity index (χ2v) is 20.2. The van der Waals surface area contributed by atoms with Crippen LogP contribution in [-0.2, 0) is 38.3 Å². The summed E-state index contributed by atoms with van der Waals surface area (Å²) >= 11 is 0. The van der Waals surface area contributed by atoms with Crippen molar-refractivity contribution in [3.05, 3.63) is 0 Å². The number of aliphatic hydroxyl groups excluding tert-OH is 7. The minimum Gasteiger partial charge on any atom is -0.726 e. The molecule has 0 amide bonds. The molecule has 0 radical (unpaired) electrons. The summed E-state index contributed by atoms with van der Waals surface area (Å²) in [6.07, 6.45) is -9.65. The van der Waals surface area contributed by atoms with Gasteiger partial charge in [-0.3, -0.25) is 4.18 Å². The zero-order valence-corrected chi connectivity index (χ0v) is 38.4. The topological polar surface area (TPSA) is 274 Å². The molecule has 0 spiro atoms. The van der Waals surface area contributed by atoms with Gasteiger partial charge in [-0.25, -0.2) is 8.42 Å². The van der Waals surface area contributed by atoms with E-state index in [9.17, 15) is 53.8 Å². The van der Waals surface area contributed by atoms with Crippen LogP contribution in [0, 0.1) is 52.3 Å². The Balaban J connectivity index is 0.00000661. The van der Waals surface area contributed by atoms with Gasteiger partial charge in [0, 0.05) is 19.4 Å². The van der Waals surface area contributed by atoms with Crippen LogP contribution in [0.3, 0.4) is 0 Å². The van der Waals surface area contributed by atoms with E-state index in [-0.39, 0.29) is 84.7 Å². The van der Waals surface area contributed by atoms with Gasteiger partial charge in [-0.05, 0) is 84.9 Å². The van der Waals surface area contributed by atoms with Crippen molar-refractivity contribution in [2.24, 2.45) is 52.3 Å². The summed E-state index contributed by atoms with van der Waals surface area (Å²) < 4.78 is 68.5. The number of ether oxygens (including phenoxy) is 5. The van der Waals surface area contributed by atoms with Crippen molar-refractivity contribution >= 4 is 10.4 Å². The molecule has 6 aliphatic rings. The molecular formula is C40H69NaO17S. The second kappa shape index (κ2) is 19.4. The van der Waals surface area contributed by atoms with Gasteiger partial charge in [0.2, 0.25) is 10.4 Å². The van der Waals surface area contributed by atoms with Gasteiger partial charge in [-0.1, -0.05) is 47.5 Å². The van der Waals surface area contributed by atoms with E-state index in [2.05, 4.69) is 20.8 Å². The maximum Gasteiger partial charge on any atom is 1.00 e. The summed E-state index contributed by atoms with van der Waals surface area (Å²) in [4.78, 5) is 0. The molecule has 2 aliphatic heterocycles. The van der Waals surface area contributed by atoms with E-state index in [1.54, 1.807) is 0 Å². The summed E-state index contributed by atoms with van der Waals surface area (Å²) in [5.41, 5.74) is -2.36. The van der Waals surface area contributed by atoms with Crippen LogP contribution in [0.5, 0.6) is 0 Å². The van der Waals surface area contributed by atoms with Crippen molar-refractivity contribution < 1.29 is 111 Å². The fraction of sp³-hybridized carbons (Fsp3) is 1.00. The number of rotatable bonds is 14. The molecule has 0 aromatic rings. The van der Waals surface area contributed by atoms with Crippen molar-refractivity contribution in [3.63, 3.8) is 0 Å². The Morgan fingerprint density at radius 1 is 0.831 bits per heavy atom. The summed E-state index contributed by atoms with van der Waals surface area (Å²) in [5, 5.41) is 89.3. The molecule has 2 heterocycles. The van der Waals surface area contributed by atoms with E-state index in [0.717, 1.165) is 12.8 Å². The fourth-order valence-electron chi connectivity index (χ4n) is 13.0. The third kappa shape index (κ3) is 9.68. The van der Waals surface area contributed by atoms with Crippen molar-refractivity contribution in [3.8, 4) is 0 Å². The maximum absolute atomic E-state index is 12.7. The van der Waals surface area contributed by atoms with Crippen LogP contribution in [0.2, 0.25) is 0 Å². The van der Waals surface area contributed by atoms with Crippen LogP contribution >= 0.6 is 0 Å². The predicted molar refractivity (Wildman–Crippen MR) is 202 cm³/mol. The molecule has 2 saturated heterocycles. The summed E-state index contributed by atoms with van der Waals surface area (Å²) in [6.45, 7) is 9.61. The zero-order chi connectivity index (χ0) is 42.7. The van der Waals surface area contributed by atoms with Crippen molar-refractivity contribution in [2.45, 2.75) is 172 Å². The first-order valence-corrected chi connectivity index (χ1v) is 22.6. The molecular weight excluding hydrogens is 807 g/mol. The molecule has 4 aliphatic carbocycles. The Kier molecular flexibility index (Phi) is 16.6. The minimum absolute atomic E-state index is 0. The molecule has 4 saturated carbocycles. The van der Waals surface area contributed by atoms with Gasteiger partial charge in [-0.15, -0.1) is 0 Å². The Morgan fingerprint density at radius 3 is 2.12 bits per heavy atom. The number of hydrogen-bond acceptors (Lipinski definition) is 17. The third-order valence-electron chi connectivity index (χ3n) is 15.9. The fourth-order valence-corrected chi connectivity index (χ4v) is 13.5. The molecule has 338 valence electrons. The first kappa shape index (κ1) is 50.4. The van der Waals surface area contributed by atoms with Crippen LogP contribution in [-0.4, -0.2) is 160 Å². The van der Waals surface area contributed by atoms with Crippen LogP contribution in [0.15, 0.2) is 0 Å². The smallest absolute Gasteiger partial charge is 0.726 e. The normalized spacial score (nSPS) is 49.1. The van der Waals surface area contributed by atoms with Crippen molar-refractivity contribution in [2.75, 3.05) is 26.9 Å². The van der Waals surface area contributed by atoms with Crippen molar-refractivity contribution in [1.82, 2.24) is 0 Å². The van der Waals surface area contributed by atoms with Crippen LogP contribution < -0.4 is 29.6 Å². The van der Waals surface area contributed by atoms with Gasteiger partial charge >= 0.3 is 29.6 Å². The van der Waals surface area contributed by atoms with Crippen molar-refractivity contribution in [1.29, 1.82) is 0 Å². The Bertz CT molecular complexity index is 1500. The average Bonchev–Trinajstić information content (AvgIpc) is 3.35. The monoisotopic (exact) mass is 876 g/mol. The molecule has 0 bridgehead atoms. The molecule has 22 atom stereocenters. The predicted octanol–water partition coefficient (Wildman–Crippen LogP) is -2.83. The molecule has 0 aromatic carbocycles. The minimum atomic E-state index is -5.33. The van der Waals surface area contributed by atoms with Crippen LogP contribution in [0.1, 0.15) is 92.4 Å². The van der Waals surface area contributed by atoms with Crippen LogP contribution in [0.4, 0.5) is 0 Å². The largest absolute Gasteiger partial charge is 1.00 e. The number of methoxy groups -OCH3 is 1. The Hall–Kier alpha value is 0.350. The molecule has 59 heavy (non-hydrogen) atoms. The van der Waals surface area contributed by atoms with Gasteiger partial charge in [0.05, 0.1) is 49.8 Å². The van der Waals surface area contributed by atoms with Gasteiger partial charge < -0.3 is 69.1 Å². The standard InChI is InChI=1S/C40H70O17S.Na/c1-7-21(20(3)16-53-36-34(32(26(44)18-54-36)57-58(49,50)51)56-37-33(52-6)29(45)25(43)17-55-37)9-8-19(2)28-30(46)31(47)35-39(28,5)13-11-27-38(4)12-10-22(41)14-23(38)24(42)15-40(27,35)48;/h19-37,41-48H,7-18H2,1-6H3,(H,49,50,51);/q;+1/p-1/t19-,20?,21?,22+,23-,24+,25-,26-,27-,28+,29?,30-,31-,32?,33?,34?,35-,36-,37+,38+,39-,40+;/m1./s1. The van der Waals surface area contributed by atoms with E-state index in [4.69, 9.17) is 27.9 Å². The van der Waals surface area contributed by atoms with Gasteiger partial charge in [0.15, 0.2) is 12.6 Å². The molecule has 8 N–H and O–H groups in total. The average molecular weight is 877 g/mol. The van der Waals surface area contributed by atoms with E-state index < -0.39 is 113 Å². The zero-order valence-electron chi connectivity index (χ0n) is 35.6. The number of aliphatic hydroxyl groups is 8. The Labute approximate surface area is 370 Å². The third-order valence-corrected chi connectivity index (χ3v) is 16.4. The SMILES string of the molecule is CCC(CC[C@@H](C)[C@H]1[C@@H](O)[C@@H](O)[C@@H]2[C@]1(C)CC[C@@H]1[C@@]3(C)CC[C@H](O)C[C@@H]3[C@@H](O)C[C@]12O)C(C)CO[C@@H]1OC[C@@H](O)C(OS(=O)(=O)[O-])C1O[C@@H]1OC[C@@H](O)C(O)C1OC.[Na+]. The molecule has 19 heteroatoms. The number of fused-ring (bicyclic) bond motifs is 5. The first-order valence-electron chi connectivity index (χ1n) is 21.3. The van der Waals surface area contributed by atoms with Gasteiger partial charge in [0.1, 0.15) is 36.6 Å². The first-order chi connectivity index (χ1) is 27.1. The Morgan fingerprint density at radius 2 is 1.47 bits per heavy atom. The van der Waals surface area contributed by atoms with Gasteiger partial charge in [0.25, 0.3) is 0 Å². The molecule has 6 fully saturated rings. The van der Waals surface area contributed by atoms with E-state index >= 15 is 0 Å². The quantitative estimate of drug-likeness (QED) is 0.0497. The molecule has 17 nitrogen and oxygen atoms in total. The van der Waals surface area contributed by atoms with E-state index in [0.29, 0.717) is 38.5 Å².